The zero-order chi connectivity index (χ0) is 19.9. The molecule has 0 saturated heterocycles. The van der Waals surface area contributed by atoms with Gasteiger partial charge in [-0.2, -0.15) is 0 Å². The highest BCUT2D eigenvalue weighted by Gasteiger charge is 2.23. The second-order valence-corrected chi connectivity index (χ2v) is 7.27. The number of benzene rings is 2. The van der Waals surface area contributed by atoms with Crippen molar-refractivity contribution in [3.63, 3.8) is 0 Å². The fraction of sp³-hybridized carbons (Fsp3) is 0.333. The largest absolute Gasteiger partial charge is 0.494 e. The van der Waals surface area contributed by atoms with Crippen LogP contribution < -0.4 is 20.7 Å². The second kappa shape index (κ2) is 9.46. The van der Waals surface area contributed by atoms with Crippen LogP contribution in [0, 0.1) is 6.92 Å². The molecule has 0 atom stereocenters. The van der Waals surface area contributed by atoms with Gasteiger partial charge in [0.1, 0.15) is 5.75 Å². The Morgan fingerprint density at radius 3 is 2.39 bits per heavy atom. The molecule has 0 spiro atoms. The highest BCUT2D eigenvalue weighted by Crippen LogP contribution is 2.21. The molecule has 0 heterocycles. The predicted octanol–water partition coefficient (Wildman–Crippen LogP) is 4.73. The standard InChI is InChI=1S/C21H24ClN3O3/c1-14-13-18(10-11-19(14)22)28-12-2-3-20(26)23-15-4-6-16(7-5-15)24-21(27)25-17-8-9-17/h4-7,10-11,13,17H,2-3,8-9,12H2,1H3,(H,23,26)(H2,24,25,27). The smallest absolute Gasteiger partial charge is 0.319 e. The fourth-order valence-corrected chi connectivity index (χ4v) is 2.69. The molecule has 1 aliphatic rings. The third-order valence-corrected chi connectivity index (χ3v) is 4.71. The van der Waals surface area contributed by atoms with Crippen molar-refractivity contribution in [2.75, 3.05) is 17.2 Å². The molecule has 148 valence electrons. The summed E-state index contributed by atoms with van der Waals surface area (Å²) in [7, 11) is 0. The lowest BCUT2D eigenvalue weighted by Gasteiger charge is -2.09. The van der Waals surface area contributed by atoms with Crippen LogP contribution in [0.5, 0.6) is 5.75 Å². The predicted molar refractivity (Wildman–Crippen MR) is 111 cm³/mol. The highest BCUT2D eigenvalue weighted by molar-refractivity contribution is 6.31. The summed E-state index contributed by atoms with van der Waals surface area (Å²) in [6.07, 6.45) is 3.05. The number of hydrogen-bond acceptors (Lipinski definition) is 3. The SMILES string of the molecule is Cc1cc(OCCCC(=O)Nc2ccc(NC(=O)NC3CC3)cc2)ccc1Cl. The summed E-state index contributed by atoms with van der Waals surface area (Å²) in [5.41, 5.74) is 2.33. The lowest BCUT2D eigenvalue weighted by molar-refractivity contribution is -0.116. The summed E-state index contributed by atoms with van der Waals surface area (Å²) >= 11 is 5.99. The topological polar surface area (TPSA) is 79.5 Å². The maximum absolute atomic E-state index is 12.0. The van der Waals surface area contributed by atoms with Crippen LogP contribution in [-0.4, -0.2) is 24.6 Å². The van der Waals surface area contributed by atoms with E-state index in [2.05, 4.69) is 16.0 Å². The van der Waals surface area contributed by atoms with E-state index in [0.29, 0.717) is 41.9 Å². The van der Waals surface area contributed by atoms with Crippen LogP contribution in [0.1, 0.15) is 31.2 Å². The maximum atomic E-state index is 12.0. The van der Waals surface area contributed by atoms with Crippen molar-refractivity contribution < 1.29 is 14.3 Å². The van der Waals surface area contributed by atoms with Crippen LogP contribution >= 0.6 is 11.6 Å². The van der Waals surface area contributed by atoms with E-state index in [-0.39, 0.29) is 11.9 Å². The molecule has 0 bridgehead atoms. The van der Waals surface area contributed by atoms with E-state index in [1.165, 1.54) is 0 Å². The maximum Gasteiger partial charge on any atom is 0.319 e. The third kappa shape index (κ3) is 6.46. The molecule has 0 radical (unpaired) electrons. The summed E-state index contributed by atoms with van der Waals surface area (Å²) in [4.78, 5) is 23.7. The number of amides is 3. The molecule has 0 unspecified atom stereocenters. The minimum Gasteiger partial charge on any atom is -0.494 e. The van der Waals surface area contributed by atoms with E-state index < -0.39 is 0 Å². The molecule has 2 aromatic rings. The molecule has 3 N–H and O–H groups in total. The Kier molecular flexibility index (Phi) is 6.76. The number of anilines is 2. The number of halogens is 1. The average Bonchev–Trinajstić information content (AvgIpc) is 3.47. The summed E-state index contributed by atoms with van der Waals surface area (Å²) < 4.78 is 5.64. The normalized spacial score (nSPS) is 12.9. The lowest BCUT2D eigenvalue weighted by atomic mass is 10.2. The van der Waals surface area contributed by atoms with E-state index in [1.54, 1.807) is 30.3 Å². The van der Waals surface area contributed by atoms with E-state index >= 15 is 0 Å². The number of urea groups is 1. The summed E-state index contributed by atoms with van der Waals surface area (Å²) in [6.45, 7) is 2.37. The second-order valence-electron chi connectivity index (χ2n) is 6.86. The van der Waals surface area contributed by atoms with Gasteiger partial charge in [0.2, 0.25) is 5.91 Å². The number of carbonyl (C=O) groups is 2. The Labute approximate surface area is 169 Å². The minimum atomic E-state index is -0.199. The molecular formula is C21H24ClN3O3. The number of nitrogens with one attached hydrogen (secondary N) is 3. The lowest BCUT2D eigenvalue weighted by Crippen LogP contribution is -2.30. The molecule has 28 heavy (non-hydrogen) atoms. The molecule has 1 aliphatic carbocycles. The van der Waals surface area contributed by atoms with Crippen LogP contribution in [0.15, 0.2) is 42.5 Å². The van der Waals surface area contributed by atoms with Crippen molar-refractivity contribution in [3.8, 4) is 5.75 Å². The van der Waals surface area contributed by atoms with E-state index in [9.17, 15) is 9.59 Å². The summed E-state index contributed by atoms with van der Waals surface area (Å²) in [6, 6.07) is 12.6. The monoisotopic (exact) mass is 401 g/mol. The zero-order valence-corrected chi connectivity index (χ0v) is 16.5. The van der Waals surface area contributed by atoms with E-state index in [1.807, 2.05) is 19.1 Å². The Bertz CT molecular complexity index is 835. The number of rotatable bonds is 8. The van der Waals surface area contributed by atoms with Gasteiger partial charge in [-0.1, -0.05) is 11.6 Å². The first-order chi connectivity index (χ1) is 13.5. The van der Waals surface area contributed by atoms with Gasteiger partial charge in [-0.25, -0.2) is 4.79 Å². The summed E-state index contributed by atoms with van der Waals surface area (Å²) in [5.74, 6) is 0.666. The van der Waals surface area contributed by atoms with E-state index in [4.69, 9.17) is 16.3 Å². The molecule has 1 saturated carbocycles. The first-order valence-corrected chi connectivity index (χ1v) is 9.74. The van der Waals surface area contributed by atoms with Gasteiger partial charge in [0.05, 0.1) is 6.61 Å². The molecule has 2 aromatic carbocycles. The molecule has 7 heteroatoms. The zero-order valence-electron chi connectivity index (χ0n) is 15.8. The van der Waals surface area contributed by atoms with Crippen LogP contribution in [0.3, 0.4) is 0 Å². The van der Waals surface area contributed by atoms with Crippen molar-refractivity contribution in [2.45, 2.75) is 38.6 Å². The number of hydrogen-bond donors (Lipinski definition) is 3. The molecule has 6 nitrogen and oxygen atoms in total. The third-order valence-electron chi connectivity index (χ3n) is 4.29. The molecule has 3 rings (SSSR count). The van der Waals surface area contributed by atoms with Gasteiger partial charge in [-0.3, -0.25) is 4.79 Å². The Hall–Kier alpha value is -2.73. The van der Waals surface area contributed by atoms with Crippen molar-refractivity contribution in [3.05, 3.63) is 53.1 Å². The van der Waals surface area contributed by atoms with Gasteiger partial charge >= 0.3 is 6.03 Å². The van der Waals surface area contributed by atoms with Crippen LogP contribution in [0.2, 0.25) is 5.02 Å². The fourth-order valence-electron chi connectivity index (χ4n) is 2.57. The van der Waals surface area contributed by atoms with Crippen LogP contribution in [0.25, 0.3) is 0 Å². The number of carbonyl (C=O) groups excluding carboxylic acids is 2. The minimum absolute atomic E-state index is 0.0805. The number of aryl methyl sites for hydroxylation is 1. The quantitative estimate of drug-likeness (QED) is 0.559. The first kappa shape index (κ1) is 20.0. The van der Waals surface area contributed by atoms with Gasteiger partial charge in [0.25, 0.3) is 0 Å². The first-order valence-electron chi connectivity index (χ1n) is 9.36. The van der Waals surface area contributed by atoms with E-state index in [0.717, 1.165) is 24.2 Å². The van der Waals surface area contributed by atoms with Crippen molar-refractivity contribution >= 4 is 34.9 Å². The average molecular weight is 402 g/mol. The summed E-state index contributed by atoms with van der Waals surface area (Å²) in [5, 5.41) is 9.17. The Morgan fingerprint density at radius 2 is 1.75 bits per heavy atom. The van der Waals surface area contributed by atoms with Gasteiger partial charge in [0.15, 0.2) is 0 Å². The Balaban J connectivity index is 1.35. The molecule has 0 aromatic heterocycles. The number of ether oxygens (including phenoxy) is 1. The molecule has 0 aliphatic heterocycles. The van der Waals surface area contributed by atoms with Crippen molar-refractivity contribution in [2.24, 2.45) is 0 Å². The molecule has 1 fully saturated rings. The van der Waals surface area contributed by atoms with Crippen molar-refractivity contribution in [1.29, 1.82) is 0 Å². The van der Waals surface area contributed by atoms with Gasteiger partial charge in [0, 0.05) is 28.9 Å². The molecule has 3 amide bonds. The van der Waals surface area contributed by atoms with Crippen molar-refractivity contribution in [1.82, 2.24) is 5.32 Å². The Morgan fingerprint density at radius 1 is 1.07 bits per heavy atom. The van der Waals surface area contributed by atoms with Gasteiger partial charge < -0.3 is 20.7 Å². The molecular weight excluding hydrogens is 378 g/mol. The van der Waals surface area contributed by atoms with Gasteiger partial charge in [-0.05, 0) is 74.2 Å². The van der Waals surface area contributed by atoms with Gasteiger partial charge in [-0.15, -0.1) is 0 Å². The van der Waals surface area contributed by atoms with Crippen LogP contribution in [-0.2, 0) is 4.79 Å². The van der Waals surface area contributed by atoms with Crippen LogP contribution in [0.4, 0.5) is 16.2 Å². The highest BCUT2D eigenvalue weighted by atomic mass is 35.5.